The summed E-state index contributed by atoms with van der Waals surface area (Å²) in [7, 11) is 1.61. The molecular formula is C26H24N2O3. The number of benzene rings is 3. The average molecular weight is 412 g/mol. The van der Waals surface area contributed by atoms with Crippen molar-refractivity contribution in [2.75, 3.05) is 12.0 Å². The van der Waals surface area contributed by atoms with Gasteiger partial charge in [0, 0.05) is 17.3 Å². The molecule has 3 aromatic carbocycles. The van der Waals surface area contributed by atoms with Crippen LogP contribution in [-0.2, 0) is 13.0 Å². The van der Waals surface area contributed by atoms with Crippen LogP contribution in [0.5, 0.6) is 11.5 Å². The highest BCUT2D eigenvalue weighted by Gasteiger charge is 2.29. The number of amides is 1. The number of carbonyl (C=O) groups is 1. The number of hydrogen-bond acceptors (Lipinski definition) is 4. The molecular weight excluding hydrogens is 388 g/mol. The zero-order chi connectivity index (χ0) is 21.8. The van der Waals surface area contributed by atoms with Crippen LogP contribution >= 0.6 is 0 Å². The minimum atomic E-state index is -0.111. The molecule has 4 rings (SSSR count). The number of carbonyl (C=O) groups excluding carboxylic acids is 1. The molecule has 1 heterocycles. The SMILES string of the molecule is COc1ccc(N2Cc3ccc(C#N)cc3C2=O)cc1OC(C)CCc1ccccc1. The lowest BCUT2D eigenvalue weighted by atomic mass is 10.1. The summed E-state index contributed by atoms with van der Waals surface area (Å²) < 4.78 is 11.7. The molecule has 0 bridgehead atoms. The molecule has 156 valence electrons. The molecule has 0 N–H and O–H groups in total. The highest BCUT2D eigenvalue weighted by molar-refractivity contribution is 6.10. The minimum absolute atomic E-state index is 0.0194. The number of ether oxygens (including phenoxy) is 2. The monoisotopic (exact) mass is 412 g/mol. The molecule has 0 fully saturated rings. The van der Waals surface area contributed by atoms with Crippen LogP contribution in [-0.4, -0.2) is 19.1 Å². The summed E-state index contributed by atoms with van der Waals surface area (Å²) in [5.41, 5.74) is 3.99. The van der Waals surface area contributed by atoms with Gasteiger partial charge in [0.15, 0.2) is 11.5 Å². The van der Waals surface area contributed by atoms with E-state index in [2.05, 4.69) is 18.2 Å². The number of aryl methyl sites for hydroxylation is 1. The van der Waals surface area contributed by atoms with Gasteiger partial charge in [-0.3, -0.25) is 4.79 Å². The summed E-state index contributed by atoms with van der Waals surface area (Å²) in [4.78, 5) is 14.7. The first kappa shape index (κ1) is 20.5. The molecule has 3 aromatic rings. The fourth-order valence-corrected chi connectivity index (χ4v) is 3.79. The third-order valence-electron chi connectivity index (χ3n) is 5.51. The van der Waals surface area contributed by atoms with Gasteiger partial charge in [0.2, 0.25) is 0 Å². The lowest BCUT2D eigenvalue weighted by molar-refractivity contribution is 0.0996. The second-order valence-corrected chi connectivity index (χ2v) is 7.66. The number of fused-ring (bicyclic) bond motifs is 1. The van der Waals surface area contributed by atoms with Gasteiger partial charge in [-0.25, -0.2) is 0 Å². The number of hydrogen-bond donors (Lipinski definition) is 0. The largest absolute Gasteiger partial charge is 0.493 e. The van der Waals surface area contributed by atoms with Crippen molar-refractivity contribution in [3.05, 3.63) is 89.0 Å². The highest BCUT2D eigenvalue weighted by atomic mass is 16.5. The Kier molecular flexibility index (Phi) is 5.90. The Morgan fingerprint density at radius 3 is 2.61 bits per heavy atom. The zero-order valence-electron chi connectivity index (χ0n) is 17.7. The van der Waals surface area contributed by atoms with E-state index < -0.39 is 0 Å². The van der Waals surface area contributed by atoms with Gasteiger partial charge in [-0.15, -0.1) is 0 Å². The summed E-state index contributed by atoms with van der Waals surface area (Å²) in [5, 5.41) is 9.13. The van der Waals surface area contributed by atoms with Gasteiger partial charge in [-0.1, -0.05) is 36.4 Å². The third-order valence-corrected chi connectivity index (χ3v) is 5.51. The summed E-state index contributed by atoms with van der Waals surface area (Å²) in [6.07, 6.45) is 1.77. The first-order chi connectivity index (χ1) is 15.1. The van der Waals surface area contributed by atoms with Crippen LogP contribution in [0.1, 0.15) is 40.4 Å². The molecule has 0 aliphatic carbocycles. The second kappa shape index (κ2) is 8.93. The molecule has 0 radical (unpaired) electrons. The van der Waals surface area contributed by atoms with Crippen LogP contribution in [0.3, 0.4) is 0 Å². The van der Waals surface area contributed by atoms with Gasteiger partial charge in [-0.05, 0) is 55.2 Å². The van der Waals surface area contributed by atoms with E-state index in [1.165, 1.54) is 5.56 Å². The predicted octanol–water partition coefficient (Wildman–Crippen LogP) is 5.13. The Hall–Kier alpha value is -3.78. The van der Waals surface area contributed by atoms with Crippen LogP contribution in [0, 0.1) is 11.3 Å². The number of nitriles is 1. The summed E-state index contributed by atoms with van der Waals surface area (Å²) in [5.74, 6) is 1.13. The van der Waals surface area contributed by atoms with E-state index in [0.29, 0.717) is 29.2 Å². The van der Waals surface area contributed by atoms with E-state index >= 15 is 0 Å². The normalized spacial score (nSPS) is 13.5. The van der Waals surface area contributed by atoms with Gasteiger partial charge in [0.1, 0.15) is 0 Å². The van der Waals surface area contributed by atoms with Crippen LogP contribution in [0.4, 0.5) is 5.69 Å². The van der Waals surface area contributed by atoms with E-state index in [9.17, 15) is 4.79 Å². The molecule has 0 saturated carbocycles. The maximum atomic E-state index is 13.0. The molecule has 0 aromatic heterocycles. The Labute approximate surface area is 182 Å². The Morgan fingerprint density at radius 1 is 1.06 bits per heavy atom. The standard InChI is InChI=1S/C26H24N2O3/c1-18(8-9-19-6-4-3-5-7-19)31-25-15-22(12-13-24(25)30-2)28-17-21-11-10-20(16-27)14-23(21)26(28)29/h3-7,10-15,18H,8-9,17H2,1-2H3. The molecule has 31 heavy (non-hydrogen) atoms. The molecule has 1 atom stereocenters. The van der Waals surface area contributed by atoms with Gasteiger partial charge in [-0.2, -0.15) is 5.26 Å². The minimum Gasteiger partial charge on any atom is -0.493 e. The summed E-state index contributed by atoms with van der Waals surface area (Å²) in [6, 6.07) is 23.2. The molecule has 0 saturated heterocycles. The maximum Gasteiger partial charge on any atom is 0.258 e. The molecule has 1 amide bonds. The van der Waals surface area contributed by atoms with E-state index in [1.54, 1.807) is 24.1 Å². The first-order valence-corrected chi connectivity index (χ1v) is 10.3. The smallest absolute Gasteiger partial charge is 0.258 e. The topological polar surface area (TPSA) is 62.6 Å². The Balaban J connectivity index is 1.51. The quantitative estimate of drug-likeness (QED) is 0.540. The van der Waals surface area contributed by atoms with E-state index in [0.717, 1.165) is 24.1 Å². The third kappa shape index (κ3) is 4.39. The van der Waals surface area contributed by atoms with Crippen molar-refractivity contribution in [2.45, 2.75) is 32.4 Å². The van der Waals surface area contributed by atoms with Crippen molar-refractivity contribution < 1.29 is 14.3 Å². The van der Waals surface area contributed by atoms with Crippen molar-refractivity contribution >= 4 is 11.6 Å². The highest BCUT2D eigenvalue weighted by Crippen LogP contribution is 2.36. The molecule has 5 nitrogen and oxygen atoms in total. The van der Waals surface area contributed by atoms with Crippen LogP contribution in [0.25, 0.3) is 0 Å². The van der Waals surface area contributed by atoms with Crippen molar-refractivity contribution in [2.24, 2.45) is 0 Å². The predicted molar refractivity (Wildman–Crippen MR) is 120 cm³/mol. The Morgan fingerprint density at radius 2 is 1.87 bits per heavy atom. The maximum absolute atomic E-state index is 13.0. The van der Waals surface area contributed by atoms with Gasteiger partial charge in [0.05, 0.1) is 31.4 Å². The van der Waals surface area contributed by atoms with Gasteiger partial charge in [0.25, 0.3) is 5.91 Å². The fourth-order valence-electron chi connectivity index (χ4n) is 3.79. The molecule has 1 aliphatic rings. The van der Waals surface area contributed by atoms with Crippen LogP contribution in [0.2, 0.25) is 0 Å². The molecule has 5 heteroatoms. The summed E-state index contributed by atoms with van der Waals surface area (Å²) >= 11 is 0. The number of nitrogens with zero attached hydrogens (tertiary/aromatic N) is 2. The van der Waals surface area contributed by atoms with E-state index in [1.807, 2.05) is 49.4 Å². The lowest BCUT2D eigenvalue weighted by Crippen LogP contribution is -2.23. The van der Waals surface area contributed by atoms with Crippen molar-refractivity contribution in [3.63, 3.8) is 0 Å². The number of anilines is 1. The fraction of sp³-hybridized carbons (Fsp3) is 0.231. The van der Waals surface area contributed by atoms with E-state index in [4.69, 9.17) is 14.7 Å². The van der Waals surface area contributed by atoms with E-state index in [-0.39, 0.29) is 12.0 Å². The van der Waals surface area contributed by atoms with Crippen LogP contribution in [0.15, 0.2) is 66.7 Å². The van der Waals surface area contributed by atoms with Gasteiger partial charge < -0.3 is 14.4 Å². The average Bonchev–Trinajstić information content (AvgIpc) is 3.14. The molecule has 0 spiro atoms. The Bertz CT molecular complexity index is 1140. The number of rotatable bonds is 7. The summed E-state index contributed by atoms with van der Waals surface area (Å²) in [6.45, 7) is 2.50. The first-order valence-electron chi connectivity index (χ1n) is 10.3. The second-order valence-electron chi connectivity index (χ2n) is 7.66. The lowest BCUT2D eigenvalue weighted by Gasteiger charge is -2.21. The zero-order valence-corrected chi connectivity index (χ0v) is 17.7. The van der Waals surface area contributed by atoms with Crippen molar-refractivity contribution in [1.29, 1.82) is 5.26 Å². The van der Waals surface area contributed by atoms with Crippen LogP contribution < -0.4 is 14.4 Å². The number of methoxy groups -OCH3 is 1. The molecule has 1 aliphatic heterocycles. The molecule has 1 unspecified atom stereocenters. The van der Waals surface area contributed by atoms with Crippen molar-refractivity contribution in [3.8, 4) is 17.6 Å². The van der Waals surface area contributed by atoms with Gasteiger partial charge >= 0.3 is 0 Å². The van der Waals surface area contributed by atoms with Crippen molar-refractivity contribution in [1.82, 2.24) is 0 Å².